The minimum Gasteiger partial charge on any atom is -0.379 e. The summed E-state index contributed by atoms with van der Waals surface area (Å²) in [5.74, 6) is 0.259. The van der Waals surface area contributed by atoms with E-state index in [1.54, 1.807) is 0 Å². The number of pyridine rings is 1. The van der Waals surface area contributed by atoms with E-state index in [0.717, 1.165) is 18.7 Å². The van der Waals surface area contributed by atoms with Gasteiger partial charge < -0.3 is 10.1 Å². The van der Waals surface area contributed by atoms with E-state index in [9.17, 15) is 13.2 Å². The number of nitrogens with zero attached hydrogens (tertiary/aromatic N) is 1. The second kappa shape index (κ2) is 4.70. The second-order valence-corrected chi connectivity index (χ2v) is 4.16. The van der Waals surface area contributed by atoms with Gasteiger partial charge in [-0.05, 0) is 12.5 Å². The van der Waals surface area contributed by atoms with Gasteiger partial charge >= 0.3 is 6.18 Å². The Kier molecular flexibility index (Phi) is 3.44. The molecule has 1 atom stereocenters. The Labute approximate surface area is 101 Å². The number of halogens is 4. The molecule has 1 N–H and O–H groups in total. The van der Waals surface area contributed by atoms with Crippen molar-refractivity contribution in [2.24, 2.45) is 0 Å². The van der Waals surface area contributed by atoms with Crippen molar-refractivity contribution in [3.05, 3.63) is 22.8 Å². The summed E-state index contributed by atoms with van der Waals surface area (Å²) in [6.45, 7) is 1.15. The van der Waals surface area contributed by atoms with Crippen molar-refractivity contribution in [1.82, 2.24) is 4.98 Å². The summed E-state index contributed by atoms with van der Waals surface area (Å²) in [6.07, 6.45) is -2.87. The second-order valence-electron chi connectivity index (χ2n) is 3.76. The molecule has 0 bridgehead atoms. The van der Waals surface area contributed by atoms with Crippen LogP contribution in [-0.4, -0.2) is 24.2 Å². The summed E-state index contributed by atoms with van der Waals surface area (Å²) in [5.41, 5.74) is -0.851. The highest BCUT2D eigenvalue weighted by Crippen LogP contribution is 2.32. The minimum atomic E-state index is -4.42. The molecule has 0 radical (unpaired) electrons. The molecule has 0 aromatic carbocycles. The van der Waals surface area contributed by atoms with E-state index in [1.807, 2.05) is 0 Å². The molecular weight excluding hydrogens is 257 g/mol. The van der Waals surface area contributed by atoms with Crippen molar-refractivity contribution < 1.29 is 17.9 Å². The maximum atomic E-state index is 12.4. The van der Waals surface area contributed by atoms with E-state index < -0.39 is 11.7 Å². The molecule has 17 heavy (non-hydrogen) atoms. The van der Waals surface area contributed by atoms with Gasteiger partial charge in [0.05, 0.1) is 23.2 Å². The van der Waals surface area contributed by atoms with Gasteiger partial charge in [-0.1, -0.05) is 11.6 Å². The van der Waals surface area contributed by atoms with Gasteiger partial charge in [0, 0.05) is 12.8 Å². The normalized spacial score (nSPS) is 20.6. The lowest BCUT2D eigenvalue weighted by Crippen LogP contribution is -2.20. The molecule has 7 heteroatoms. The number of anilines is 1. The molecule has 0 amide bonds. The Morgan fingerprint density at radius 1 is 1.47 bits per heavy atom. The molecule has 1 saturated heterocycles. The van der Waals surface area contributed by atoms with Crippen LogP contribution < -0.4 is 5.32 Å². The standard InChI is InChI=1S/C10H10ClF3N2O/c11-8-3-6(10(12,13)14)4-15-9(8)16-7-1-2-17-5-7/h3-4,7H,1-2,5H2,(H,15,16). The van der Waals surface area contributed by atoms with Gasteiger partial charge in [-0.15, -0.1) is 0 Å². The molecule has 0 saturated carbocycles. The summed E-state index contributed by atoms with van der Waals surface area (Å²) in [7, 11) is 0. The van der Waals surface area contributed by atoms with Crippen molar-refractivity contribution in [3.63, 3.8) is 0 Å². The van der Waals surface area contributed by atoms with E-state index in [-0.39, 0.29) is 16.9 Å². The van der Waals surface area contributed by atoms with Crippen molar-refractivity contribution in [2.45, 2.75) is 18.6 Å². The number of hydrogen-bond donors (Lipinski definition) is 1. The molecule has 0 spiro atoms. The molecule has 3 nitrogen and oxygen atoms in total. The Balaban J connectivity index is 2.14. The first-order valence-electron chi connectivity index (χ1n) is 5.04. The highest BCUT2D eigenvalue weighted by Gasteiger charge is 2.31. The Bertz CT molecular complexity index is 405. The van der Waals surface area contributed by atoms with Crippen LogP contribution >= 0.6 is 11.6 Å². The van der Waals surface area contributed by atoms with Crippen LogP contribution in [0.5, 0.6) is 0 Å². The van der Waals surface area contributed by atoms with E-state index in [2.05, 4.69) is 10.3 Å². The third-order valence-electron chi connectivity index (χ3n) is 2.44. The third-order valence-corrected chi connectivity index (χ3v) is 2.73. The highest BCUT2D eigenvalue weighted by atomic mass is 35.5. The number of alkyl halides is 3. The lowest BCUT2D eigenvalue weighted by Gasteiger charge is -2.14. The van der Waals surface area contributed by atoms with E-state index in [4.69, 9.17) is 16.3 Å². The van der Waals surface area contributed by atoms with Crippen LogP contribution in [-0.2, 0) is 10.9 Å². The van der Waals surface area contributed by atoms with E-state index >= 15 is 0 Å². The van der Waals surface area contributed by atoms with Gasteiger partial charge in [-0.3, -0.25) is 0 Å². The van der Waals surface area contributed by atoms with Gasteiger partial charge in [-0.25, -0.2) is 4.98 Å². The van der Waals surface area contributed by atoms with Crippen molar-refractivity contribution >= 4 is 17.4 Å². The lowest BCUT2D eigenvalue weighted by molar-refractivity contribution is -0.137. The van der Waals surface area contributed by atoms with E-state index in [1.165, 1.54) is 0 Å². The molecule has 94 valence electrons. The van der Waals surface area contributed by atoms with Crippen LogP contribution in [0.15, 0.2) is 12.3 Å². The summed E-state index contributed by atoms with van der Waals surface area (Å²) < 4.78 is 42.2. The molecule has 1 aromatic rings. The average Bonchev–Trinajstić information content (AvgIpc) is 2.72. The maximum Gasteiger partial charge on any atom is 0.417 e. The number of nitrogens with one attached hydrogen (secondary N) is 1. The molecule has 1 unspecified atom stereocenters. The molecule has 2 rings (SSSR count). The predicted octanol–water partition coefficient (Wildman–Crippen LogP) is 2.95. The first kappa shape index (κ1) is 12.4. The van der Waals surface area contributed by atoms with Gasteiger partial charge in [0.25, 0.3) is 0 Å². The Hall–Kier alpha value is -1.01. The molecule has 1 aliphatic rings. The lowest BCUT2D eigenvalue weighted by atomic mass is 10.2. The zero-order valence-corrected chi connectivity index (χ0v) is 9.48. The summed E-state index contributed by atoms with van der Waals surface area (Å²) in [4.78, 5) is 3.69. The maximum absolute atomic E-state index is 12.4. The van der Waals surface area contributed by atoms with Gasteiger partial charge in [0.2, 0.25) is 0 Å². The molecule has 0 aliphatic carbocycles. The topological polar surface area (TPSA) is 34.2 Å². The number of hydrogen-bond acceptors (Lipinski definition) is 3. The van der Waals surface area contributed by atoms with Crippen molar-refractivity contribution in [1.29, 1.82) is 0 Å². The fraction of sp³-hybridized carbons (Fsp3) is 0.500. The smallest absolute Gasteiger partial charge is 0.379 e. The zero-order chi connectivity index (χ0) is 12.5. The minimum absolute atomic E-state index is 0.0354. The van der Waals surface area contributed by atoms with Crippen LogP contribution in [0.4, 0.5) is 19.0 Å². The molecule has 1 fully saturated rings. The van der Waals surface area contributed by atoms with Gasteiger partial charge in [0.1, 0.15) is 5.82 Å². The van der Waals surface area contributed by atoms with Crippen molar-refractivity contribution in [2.75, 3.05) is 18.5 Å². The quantitative estimate of drug-likeness (QED) is 0.894. The first-order chi connectivity index (χ1) is 7.97. The van der Waals surface area contributed by atoms with Crippen LogP contribution in [0.3, 0.4) is 0 Å². The molecule has 1 aromatic heterocycles. The van der Waals surface area contributed by atoms with Gasteiger partial charge in [0.15, 0.2) is 0 Å². The number of ether oxygens (including phenoxy) is 1. The number of rotatable bonds is 2. The predicted molar refractivity (Wildman–Crippen MR) is 57.1 cm³/mol. The first-order valence-corrected chi connectivity index (χ1v) is 5.41. The average molecular weight is 267 g/mol. The van der Waals surface area contributed by atoms with Crippen molar-refractivity contribution in [3.8, 4) is 0 Å². The van der Waals surface area contributed by atoms with E-state index in [0.29, 0.717) is 13.2 Å². The summed E-state index contributed by atoms with van der Waals surface area (Å²) >= 11 is 5.75. The SMILES string of the molecule is FC(F)(F)c1cnc(NC2CCOC2)c(Cl)c1. The highest BCUT2D eigenvalue weighted by molar-refractivity contribution is 6.33. The third kappa shape index (κ3) is 3.01. The van der Waals surface area contributed by atoms with Crippen LogP contribution in [0.2, 0.25) is 5.02 Å². The number of aromatic nitrogens is 1. The molecule has 1 aliphatic heterocycles. The van der Waals surface area contributed by atoms with Crippen LogP contribution in [0.1, 0.15) is 12.0 Å². The van der Waals surface area contributed by atoms with Crippen LogP contribution in [0.25, 0.3) is 0 Å². The fourth-order valence-corrected chi connectivity index (χ4v) is 1.76. The molecular formula is C10H10ClF3N2O. The Morgan fingerprint density at radius 2 is 2.24 bits per heavy atom. The van der Waals surface area contributed by atoms with Gasteiger partial charge in [-0.2, -0.15) is 13.2 Å². The molecule has 2 heterocycles. The van der Waals surface area contributed by atoms with Crippen LogP contribution in [0, 0.1) is 0 Å². The largest absolute Gasteiger partial charge is 0.417 e. The zero-order valence-electron chi connectivity index (χ0n) is 8.72. The summed E-state index contributed by atoms with van der Waals surface area (Å²) in [5, 5.41) is 2.92. The Morgan fingerprint density at radius 3 is 2.76 bits per heavy atom. The summed E-state index contributed by atoms with van der Waals surface area (Å²) in [6, 6.07) is 0.920. The fourth-order valence-electron chi connectivity index (χ4n) is 1.54. The monoisotopic (exact) mass is 266 g/mol.